The van der Waals surface area contributed by atoms with Gasteiger partial charge in [0.05, 0.1) is 11.6 Å². The number of para-hydroxylation sites is 1. The fourth-order valence-corrected chi connectivity index (χ4v) is 1.29. The van der Waals surface area contributed by atoms with E-state index in [0.29, 0.717) is 4.47 Å². The molecule has 0 radical (unpaired) electrons. The van der Waals surface area contributed by atoms with Crippen LogP contribution in [-0.2, 0) is 0 Å². The quantitative estimate of drug-likeness (QED) is 0.824. The molecule has 13 heavy (non-hydrogen) atoms. The van der Waals surface area contributed by atoms with Gasteiger partial charge in [-0.1, -0.05) is 6.07 Å². The number of rotatable bonds is 3. The summed E-state index contributed by atoms with van der Waals surface area (Å²) >= 11 is 3.08. The van der Waals surface area contributed by atoms with Gasteiger partial charge >= 0.3 is 6.61 Å². The number of alkyl halides is 2. The Kier molecular flexibility index (Phi) is 3.48. The van der Waals surface area contributed by atoms with Crippen LogP contribution in [0.5, 0.6) is 11.5 Å². The number of hydrogen-bond donors (Lipinski definition) is 0. The highest BCUT2D eigenvalue weighted by Gasteiger charge is 2.13. The number of methoxy groups -OCH3 is 1. The van der Waals surface area contributed by atoms with Crippen molar-refractivity contribution in [2.24, 2.45) is 0 Å². The van der Waals surface area contributed by atoms with Gasteiger partial charge in [0.1, 0.15) is 0 Å². The Morgan fingerprint density at radius 1 is 1.38 bits per heavy atom. The predicted octanol–water partition coefficient (Wildman–Crippen LogP) is 3.06. The summed E-state index contributed by atoms with van der Waals surface area (Å²) in [6.07, 6.45) is 0. The van der Waals surface area contributed by atoms with E-state index in [1.807, 2.05) is 0 Å². The Balaban J connectivity index is 3.00. The summed E-state index contributed by atoms with van der Waals surface area (Å²) < 4.78 is 33.4. The molecule has 0 atom stereocenters. The van der Waals surface area contributed by atoms with E-state index in [-0.39, 0.29) is 11.5 Å². The van der Waals surface area contributed by atoms with Crippen LogP contribution in [0.25, 0.3) is 0 Å². The zero-order chi connectivity index (χ0) is 9.84. The van der Waals surface area contributed by atoms with Gasteiger partial charge in [-0.3, -0.25) is 0 Å². The van der Waals surface area contributed by atoms with Gasteiger partial charge in [-0.05, 0) is 28.1 Å². The molecule has 0 N–H and O–H groups in total. The fraction of sp³-hybridized carbons (Fsp3) is 0.250. The van der Waals surface area contributed by atoms with E-state index >= 15 is 0 Å². The Bertz CT molecular complexity index is 291. The zero-order valence-electron chi connectivity index (χ0n) is 6.76. The summed E-state index contributed by atoms with van der Waals surface area (Å²) in [5.74, 6) is 0.287. The fourth-order valence-electron chi connectivity index (χ4n) is 0.853. The van der Waals surface area contributed by atoms with Crippen LogP contribution in [0.1, 0.15) is 0 Å². The first-order chi connectivity index (χ1) is 6.15. The molecule has 1 rings (SSSR count). The molecule has 0 heterocycles. The molecule has 0 aliphatic carbocycles. The van der Waals surface area contributed by atoms with Crippen molar-refractivity contribution in [3.8, 4) is 11.5 Å². The molecular weight excluding hydrogens is 246 g/mol. The monoisotopic (exact) mass is 252 g/mol. The molecule has 5 heteroatoms. The van der Waals surface area contributed by atoms with Gasteiger partial charge in [-0.2, -0.15) is 8.78 Å². The molecule has 1 aromatic carbocycles. The second-order valence-electron chi connectivity index (χ2n) is 2.15. The SMILES string of the molecule is COc1cccc(Br)c1OC(F)F. The lowest BCUT2D eigenvalue weighted by molar-refractivity contribution is -0.0517. The molecule has 0 unspecified atom stereocenters. The van der Waals surface area contributed by atoms with Crippen LogP contribution in [0.2, 0.25) is 0 Å². The van der Waals surface area contributed by atoms with E-state index in [1.165, 1.54) is 7.11 Å². The Morgan fingerprint density at radius 3 is 2.62 bits per heavy atom. The van der Waals surface area contributed by atoms with Gasteiger partial charge in [0.25, 0.3) is 0 Å². The number of hydrogen-bond acceptors (Lipinski definition) is 2. The van der Waals surface area contributed by atoms with Crippen LogP contribution < -0.4 is 9.47 Å². The van der Waals surface area contributed by atoms with Crippen molar-refractivity contribution in [3.63, 3.8) is 0 Å². The maximum Gasteiger partial charge on any atom is 0.387 e. The predicted molar refractivity (Wildman–Crippen MR) is 47.3 cm³/mol. The topological polar surface area (TPSA) is 18.5 Å². The summed E-state index contributed by atoms with van der Waals surface area (Å²) in [5, 5.41) is 0. The van der Waals surface area contributed by atoms with Gasteiger partial charge in [0, 0.05) is 0 Å². The second kappa shape index (κ2) is 4.41. The van der Waals surface area contributed by atoms with Gasteiger partial charge in [-0.25, -0.2) is 0 Å². The molecule has 1 aromatic rings. The van der Waals surface area contributed by atoms with Crippen molar-refractivity contribution in [1.82, 2.24) is 0 Å². The van der Waals surface area contributed by atoms with E-state index in [9.17, 15) is 8.78 Å². The van der Waals surface area contributed by atoms with E-state index in [4.69, 9.17) is 4.74 Å². The van der Waals surface area contributed by atoms with Crippen LogP contribution in [0.4, 0.5) is 8.78 Å². The summed E-state index contributed by atoms with van der Waals surface area (Å²) in [6.45, 7) is -2.85. The van der Waals surface area contributed by atoms with E-state index in [0.717, 1.165) is 0 Å². The van der Waals surface area contributed by atoms with Crippen LogP contribution in [0.15, 0.2) is 22.7 Å². The van der Waals surface area contributed by atoms with E-state index in [2.05, 4.69) is 20.7 Å². The highest BCUT2D eigenvalue weighted by atomic mass is 79.9. The minimum atomic E-state index is -2.85. The number of benzene rings is 1. The molecule has 2 nitrogen and oxygen atoms in total. The summed E-state index contributed by atoms with van der Waals surface area (Å²) in [7, 11) is 1.39. The first kappa shape index (κ1) is 10.2. The van der Waals surface area contributed by atoms with E-state index < -0.39 is 6.61 Å². The van der Waals surface area contributed by atoms with Crippen molar-refractivity contribution in [2.75, 3.05) is 7.11 Å². The summed E-state index contributed by atoms with van der Waals surface area (Å²) in [6, 6.07) is 4.81. The standard InChI is InChI=1S/C8H7BrF2O2/c1-12-6-4-2-3-5(9)7(6)13-8(10)11/h2-4,8H,1H3. The van der Waals surface area contributed by atoms with Crippen LogP contribution in [-0.4, -0.2) is 13.7 Å². The average Bonchev–Trinajstić information content (AvgIpc) is 2.08. The van der Waals surface area contributed by atoms with Crippen LogP contribution in [0.3, 0.4) is 0 Å². The first-order valence-corrected chi connectivity index (χ1v) is 4.21. The molecule has 0 aliphatic rings. The van der Waals surface area contributed by atoms with Crippen LogP contribution in [0, 0.1) is 0 Å². The van der Waals surface area contributed by atoms with Gasteiger partial charge in [0.15, 0.2) is 11.5 Å². The summed E-state index contributed by atoms with van der Waals surface area (Å²) in [4.78, 5) is 0. The molecule has 72 valence electrons. The van der Waals surface area contributed by atoms with Crippen molar-refractivity contribution < 1.29 is 18.3 Å². The van der Waals surface area contributed by atoms with Crippen molar-refractivity contribution >= 4 is 15.9 Å². The third-order valence-electron chi connectivity index (χ3n) is 1.36. The average molecular weight is 253 g/mol. The maximum atomic E-state index is 11.9. The molecular formula is C8H7BrF2O2. The minimum Gasteiger partial charge on any atom is -0.493 e. The lowest BCUT2D eigenvalue weighted by Crippen LogP contribution is -2.03. The van der Waals surface area contributed by atoms with Crippen molar-refractivity contribution in [2.45, 2.75) is 6.61 Å². The summed E-state index contributed by atoms with van der Waals surface area (Å²) in [5.41, 5.74) is 0. The lowest BCUT2D eigenvalue weighted by atomic mass is 10.3. The highest BCUT2D eigenvalue weighted by molar-refractivity contribution is 9.10. The van der Waals surface area contributed by atoms with Gasteiger partial charge < -0.3 is 9.47 Å². The molecule has 0 spiro atoms. The normalized spacial score (nSPS) is 10.2. The number of ether oxygens (including phenoxy) is 2. The Hall–Kier alpha value is -0.840. The molecule has 0 fully saturated rings. The molecule has 0 saturated carbocycles. The zero-order valence-corrected chi connectivity index (χ0v) is 8.35. The van der Waals surface area contributed by atoms with Crippen molar-refractivity contribution in [1.29, 1.82) is 0 Å². The van der Waals surface area contributed by atoms with Gasteiger partial charge in [-0.15, -0.1) is 0 Å². The first-order valence-electron chi connectivity index (χ1n) is 3.42. The van der Waals surface area contributed by atoms with Crippen molar-refractivity contribution in [3.05, 3.63) is 22.7 Å². The Labute approximate surface area is 82.6 Å². The molecule has 0 bridgehead atoms. The van der Waals surface area contributed by atoms with Crippen LogP contribution >= 0.6 is 15.9 Å². The molecule has 0 amide bonds. The maximum absolute atomic E-state index is 11.9. The number of halogens is 3. The molecule has 0 aromatic heterocycles. The Morgan fingerprint density at radius 2 is 2.08 bits per heavy atom. The van der Waals surface area contributed by atoms with Gasteiger partial charge in [0.2, 0.25) is 0 Å². The third-order valence-corrected chi connectivity index (χ3v) is 1.98. The van der Waals surface area contributed by atoms with E-state index in [1.54, 1.807) is 18.2 Å². The molecule has 0 saturated heterocycles. The minimum absolute atomic E-state index is 0.0139. The third kappa shape index (κ3) is 2.55. The highest BCUT2D eigenvalue weighted by Crippen LogP contribution is 2.35. The molecule has 0 aliphatic heterocycles. The second-order valence-corrected chi connectivity index (χ2v) is 3.00. The lowest BCUT2D eigenvalue weighted by Gasteiger charge is -2.10. The smallest absolute Gasteiger partial charge is 0.387 e. The largest absolute Gasteiger partial charge is 0.493 e.